The molecule has 6 N–H and O–H groups in total. The van der Waals surface area contributed by atoms with Gasteiger partial charge in [-0.25, -0.2) is 0 Å². The van der Waals surface area contributed by atoms with Crippen molar-refractivity contribution in [3.05, 3.63) is 99.2 Å². The molecule has 3 aromatic rings. The molecule has 0 fully saturated rings. The van der Waals surface area contributed by atoms with Gasteiger partial charge in [0.25, 0.3) is 40.5 Å². The van der Waals surface area contributed by atoms with E-state index < -0.39 is 68.7 Å². The monoisotopic (exact) mass is 1070 g/mol. The van der Waals surface area contributed by atoms with Crippen molar-refractivity contribution in [1.29, 1.82) is 0 Å². The van der Waals surface area contributed by atoms with E-state index in [4.69, 9.17) is 5.53 Å². The summed E-state index contributed by atoms with van der Waals surface area (Å²) in [5.74, 6) is -1.65. The number of benzene rings is 2. The molecule has 2 aliphatic rings. The molecule has 5 rings (SSSR count). The largest absolute Gasteiger partial charge is 0.356 e. The molecule has 26 heteroatoms. The van der Waals surface area contributed by atoms with E-state index in [1.807, 2.05) is 39.1 Å². The zero-order valence-electron chi connectivity index (χ0n) is 40.0. The molecule has 0 bridgehead atoms. The van der Waals surface area contributed by atoms with Crippen LogP contribution in [0.3, 0.4) is 0 Å². The number of nitrogens with one attached hydrogen (secondary N) is 2. The first kappa shape index (κ1) is 57.0. The number of carbonyl (C=O) groups excluding carboxylic acids is 1. The lowest BCUT2D eigenvalue weighted by molar-refractivity contribution is -0.438. The lowest BCUT2D eigenvalue weighted by Gasteiger charge is -2.30. The maximum atomic E-state index is 12.8. The van der Waals surface area contributed by atoms with E-state index in [1.54, 1.807) is 22.9 Å². The SMILES string of the molecule is CC1(C)C(/C=C/C=C2C(CCCS(=O)(=O)O)c3ccc(S(=O)(=O)O)cc3C2(C)CCCCS(=O)(=O)O)=[N+](CCCCCC(=O)NCCCn2cc(CNCCCN=[N+]=[N-])nn2)c2ccc(S(=O)(=O)O)cc21. The first-order valence-corrected chi connectivity index (χ1v) is 29.4. The Balaban J connectivity index is 1.34. The molecule has 1 aromatic heterocycles. The Morgan fingerprint density at radius 3 is 2.20 bits per heavy atom. The normalized spacial score (nSPS) is 18.5. The number of allylic oxidation sites excluding steroid dienone is 4. The summed E-state index contributed by atoms with van der Waals surface area (Å²) >= 11 is 0. The number of hydrogen-bond acceptors (Lipinski definition) is 13. The lowest BCUT2D eigenvalue weighted by Crippen LogP contribution is -2.28. The maximum Gasteiger partial charge on any atom is 0.294 e. The molecule has 1 aliphatic carbocycles. The minimum Gasteiger partial charge on any atom is -0.356 e. The molecular weight excluding hydrogens is 1000 g/mol. The highest BCUT2D eigenvalue weighted by Gasteiger charge is 2.46. The zero-order chi connectivity index (χ0) is 52.3. The summed E-state index contributed by atoms with van der Waals surface area (Å²) in [6.07, 6.45) is 11.7. The first-order valence-electron chi connectivity index (χ1n) is 23.3. The Morgan fingerprint density at radius 1 is 0.845 bits per heavy atom. The third-order valence-electron chi connectivity index (χ3n) is 13.0. The second-order valence-corrected chi connectivity index (χ2v) is 24.5. The van der Waals surface area contributed by atoms with Gasteiger partial charge in [0, 0.05) is 79.2 Å². The van der Waals surface area contributed by atoms with Crippen molar-refractivity contribution in [1.82, 2.24) is 25.6 Å². The average molecular weight is 1070 g/mol. The molecule has 390 valence electrons. The van der Waals surface area contributed by atoms with Crippen LogP contribution in [-0.2, 0) is 69.2 Å². The fourth-order valence-electron chi connectivity index (χ4n) is 9.46. The summed E-state index contributed by atoms with van der Waals surface area (Å²) in [5, 5.41) is 17.9. The minimum absolute atomic E-state index is 0.0301. The third kappa shape index (κ3) is 16.1. The minimum atomic E-state index is -4.66. The Morgan fingerprint density at radius 2 is 1.52 bits per heavy atom. The van der Waals surface area contributed by atoms with Crippen molar-refractivity contribution in [2.45, 2.75) is 131 Å². The Bertz CT molecular complexity index is 3020. The van der Waals surface area contributed by atoms with Crippen LogP contribution in [0.1, 0.15) is 120 Å². The van der Waals surface area contributed by atoms with Crippen molar-refractivity contribution >= 4 is 57.8 Å². The topological polar surface area (TPSA) is 341 Å². The molecule has 1 aliphatic heterocycles. The Hall–Kier alpha value is -4.89. The second kappa shape index (κ2) is 24.2. The van der Waals surface area contributed by atoms with Crippen molar-refractivity contribution in [3.63, 3.8) is 0 Å². The van der Waals surface area contributed by atoms with Crippen LogP contribution in [0.5, 0.6) is 0 Å². The fourth-order valence-corrected chi connectivity index (χ4v) is 11.6. The molecule has 2 atom stereocenters. The zero-order valence-corrected chi connectivity index (χ0v) is 43.3. The van der Waals surface area contributed by atoms with Gasteiger partial charge in [-0.1, -0.05) is 47.5 Å². The molecule has 0 radical (unpaired) electrons. The van der Waals surface area contributed by atoms with Gasteiger partial charge >= 0.3 is 0 Å². The van der Waals surface area contributed by atoms with E-state index >= 15 is 0 Å². The van der Waals surface area contributed by atoms with E-state index in [2.05, 4.69) is 35.5 Å². The lowest BCUT2D eigenvalue weighted by atomic mass is 9.74. The maximum absolute atomic E-state index is 12.8. The van der Waals surface area contributed by atoms with Crippen LogP contribution < -0.4 is 10.6 Å². The summed E-state index contributed by atoms with van der Waals surface area (Å²) in [6.45, 7) is 8.77. The number of fused-ring (bicyclic) bond motifs is 2. The van der Waals surface area contributed by atoms with Gasteiger partial charge in [0.1, 0.15) is 6.54 Å². The van der Waals surface area contributed by atoms with Crippen molar-refractivity contribution < 1.29 is 61.3 Å². The molecule has 1 amide bonds. The first-order chi connectivity index (χ1) is 33.2. The summed E-state index contributed by atoms with van der Waals surface area (Å²) in [5.41, 5.74) is 11.3. The molecule has 71 heavy (non-hydrogen) atoms. The van der Waals surface area contributed by atoms with Gasteiger partial charge in [-0.15, -0.1) is 5.10 Å². The molecule has 0 spiro atoms. The van der Waals surface area contributed by atoms with Crippen LogP contribution in [0, 0.1) is 0 Å². The van der Waals surface area contributed by atoms with Crippen molar-refractivity contribution in [2.24, 2.45) is 5.11 Å². The Labute approximate surface area is 415 Å². The van der Waals surface area contributed by atoms with Crippen molar-refractivity contribution in [3.8, 4) is 0 Å². The summed E-state index contributed by atoms with van der Waals surface area (Å²) in [6, 6.07) is 8.56. The highest BCUT2D eigenvalue weighted by atomic mass is 32.2. The molecule has 0 saturated carbocycles. The number of carbonyl (C=O) groups is 1. The predicted molar refractivity (Wildman–Crippen MR) is 265 cm³/mol. The quantitative estimate of drug-likeness (QED) is 0.0116. The average Bonchev–Trinajstić information content (AvgIpc) is 3.89. The molecule has 0 saturated heterocycles. The number of aromatic nitrogens is 3. The van der Waals surface area contributed by atoms with Crippen LogP contribution in [0.2, 0.25) is 0 Å². The smallest absolute Gasteiger partial charge is 0.294 e. The van der Waals surface area contributed by atoms with E-state index in [9.17, 15) is 56.7 Å². The number of amides is 1. The van der Waals surface area contributed by atoms with Gasteiger partial charge in [0.05, 0.1) is 32.4 Å². The second-order valence-electron chi connectivity index (χ2n) is 18.5. The molecular formula is C45H64N9O13S4+. The van der Waals surface area contributed by atoms with Crippen LogP contribution in [-0.4, -0.2) is 121 Å². The highest BCUT2D eigenvalue weighted by Crippen LogP contribution is 2.55. The van der Waals surface area contributed by atoms with Gasteiger partial charge in [-0.3, -0.25) is 27.7 Å². The number of hydrogen-bond donors (Lipinski definition) is 6. The van der Waals surface area contributed by atoms with Gasteiger partial charge in [0.2, 0.25) is 11.6 Å². The predicted octanol–water partition coefficient (Wildman–Crippen LogP) is 5.97. The summed E-state index contributed by atoms with van der Waals surface area (Å²) in [4.78, 5) is 14.8. The van der Waals surface area contributed by atoms with Gasteiger partial charge in [0.15, 0.2) is 5.71 Å². The molecule has 2 aromatic carbocycles. The summed E-state index contributed by atoms with van der Waals surface area (Å²) < 4.78 is 139. The van der Waals surface area contributed by atoms with E-state index in [-0.39, 0.29) is 47.8 Å². The van der Waals surface area contributed by atoms with Crippen LogP contribution in [0.15, 0.2) is 81.3 Å². The van der Waals surface area contributed by atoms with Gasteiger partial charge in [-0.05, 0) is 113 Å². The number of aryl methyl sites for hydroxylation is 1. The summed E-state index contributed by atoms with van der Waals surface area (Å²) in [7, 11) is -17.8. The van der Waals surface area contributed by atoms with Crippen LogP contribution in [0.4, 0.5) is 5.69 Å². The number of rotatable bonds is 29. The van der Waals surface area contributed by atoms with E-state index in [1.165, 1.54) is 24.3 Å². The van der Waals surface area contributed by atoms with Gasteiger partial charge in [-0.2, -0.15) is 38.2 Å². The van der Waals surface area contributed by atoms with Crippen LogP contribution in [0.25, 0.3) is 10.4 Å². The van der Waals surface area contributed by atoms with E-state index in [0.717, 1.165) is 17.0 Å². The Kier molecular flexibility index (Phi) is 19.5. The molecule has 2 unspecified atom stereocenters. The third-order valence-corrected chi connectivity index (χ3v) is 16.3. The molecule has 22 nitrogen and oxygen atoms in total. The molecule has 2 heterocycles. The van der Waals surface area contributed by atoms with Crippen molar-refractivity contribution in [2.75, 3.05) is 37.7 Å². The van der Waals surface area contributed by atoms with Crippen LogP contribution >= 0.6 is 0 Å². The number of nitrogens with zero attached hydrogens (tertiary/aromatic N) is 7. The number of azide groups is 1. The van der Waals surface area contributed by atoms with E-state index in [0.29, 0.717) is 100 Å². The fraction of sp³-hybridized carbons (Fsp3) is 0.556. The number of unbranched alkanes of at least 4 members (excludes halogenated alkanes) is 3. The van der Waals surface area contributed by atoms with Gasteiger partial charge < -0.3 is 10.6 Å². The highest BCUT2D eigenvalue weighted by molar-refractivity contribution is 7.86. The standard InChI is InChI=1S/C45H63N9O13S4/c1-44(2)40-30-35(71(65,66)67)18-20-41(40)54(26-7-4-5-16-43(55)48-23-12-25-53-32-33(50-52-53)31-47-22-11-24-49-51-46)42(44)15-9-14-38-36(13-10-28-69(59,60)61)37-19-17-34(70(62,63)64)29-39(37)45(38,3)21-6-8-27-68(56,57)58/h9,14-15,17-20,29-30,32,36,47H,4-8,10-13,16,21-28,31H2,1-3H3,(H4-,48,55,56,57,58,59,60,61,62,63,64,65,66,67)/p+1/b15-9+,38-14?.